The van der Waals surface area contributed by atoms with E-state index in [1.165, 1.54) is 0 Å². The summed E-state index contributed by atoms with van der Waals surface area (Å²) >= 11 is 0. The summed E-state index contributed by atoms with van der Waals surface area (Å²) in [6.45, 7) is 0.431. The fraction of sp³-hybridized carbons (Fsp3) is 0.167. The second-order valence-corrected chi connectivity index (χ2v) is 5.70. The van der Waals surface area contributed by atoms with Gasteiger partial charge in [0.25, 0.3) is 0 Å². The lowest BCUT2D eigenvalue weighted by Crippen LogP contribution is -2.48. The molecule has 1 amide bonds. The number of hydrogen-bond donors (Lipinski definition) is 1. The Bertz CT molecular complexity index is 723. The molecule has 0 bridgehead atoms. The number of para-hydroxylation sites is 1. The molecule has 112 valence electrons. The fourth-order valence-corrected chi connectivity index (χ4v) is 2.95. The number of benzene rings is 2. The van der Waals surface area contributed by atoms with Crippen LogP contribution in [-0.2, 0) is 4.79 Å². The van der Waals surface area contributed by atoms with Gasteiger partial charge in [-0.2, -0.15) is 0 Å². The highest BCUT2D eigenvalue weighted by molar-refractivity contribution is 6.26. The molecule has 22 heavy (non-hydrogen) atoms. The lowest BCUT2D eigenvalue weighted by Gasteiger charge is -2.27. The predicted octanol–water partition coefficient (Wildman–Crippen LogP) is 2.90. The molecule has 1 unspecified atom stereocenters. The number of amides is 1. The number of hydrogen-bond acceptors (Lipinski definition) is 3. The SMILES string of the molecule is CN(O)C1=C(c2ccccc2)C(=O)[N+](C)(c2ccccc2)C1. The maximum Gasteiger partial charge on any atom is 0.353 e. The van der Waals surface area contributed by atoms with Crippen LogP contribution in [0.3, 0.4) is 0 Å². The Morgan fingerprint density at radius 3 is 2.09 bits per heavy atom. The summed E-state index contributed by atoms with van der Waals surface area (Å²) in [5.74, 6) is -0.00620. The highest BCUT2D eigenvalue weighted by Gasteiger charge is 2.47. The van der Waals surface area contributed by atoms with Gasteiger partial charge >= 0.3 is 5.91 Å². The van der Waals surface area contributed by atoms with Crippen LogP contribution in [0.2, 0.25) is 0 Å². The predicted molar refractivity (Wildman–Crippen MR) is 86.9 cm³/mol. The molecule has 4 heteroatoms. The Morgan fingerprint density at radius 1 is 1.00 bits per heavy atom. The lowest BCUT2D eigenvalue weighted by atomic mass is 10.0. The summed E-state index contributed by atoms with van der Waals surface area (Å²) in [4.78, 5) is 13.1. The van der Waals surface area contributed by atoms with Crippen LogP contribution in [0, 0.1) is 0 Å². The van der Waals surface area contributed by atoms with E-state index < -0.39 is 0 Å². The Morgan fingerprint density at radius 2 is 1.55 bits per heavy atom. The first-order valence-corrected chi connectivity index (χ1v) is 7.21. The van der Waals surface area contributed by atoms with Gasteiger partial charge in [0.05, 0.1) is 7.05 Å². The molecule has 0 aliphatic carbocycles. The Kier molecular flexibility index (Phi) is 3.56. The molecule has 1 atom stereocenters. The normalized spacial score (nSPS) is 21.3. The second kappa shape index (κ2) is 5.40. The first-order chi connectivity index (χ1) is 10.5. The summed E-state index contributed by atoms with van der Waals surface area (Å²) in [7, 11) is 3.45. The van der Waals surface area contributed by atoms with Gasteiger partial charge in [0.1, 0.15) is 23.5 Å². The molecule has 0 aromatic heterocycles. The minimum atomic E-state index is -0.00620. The van der Waals surface area contributed by atoms with Crippen LogP contribution >= 0.6 is 0 Å². The van der Waals surface area contributed by atoms with Crippen LogP contribution in [-0.4, -0.2) is 36.8 Å². The van der Waals surface area contributed by atoms with Crippen LogP contribution in [0.15, 0.2) is 66.4 Å². The molecule has 1 N–H and O–H groups in total. The molecule has 0 saturated carbocycles. The van der Waals surface area contributed by atoms with E-state index in [0.29, 0.717) is 17.8 Å². The standard InChI is InChI=1S/C18H19N2O2/c1-19(22)16-13-20(2,15-11-7-4-8-12-15)18(21)17(16)14-9-5-3-6-10-14/h3-12,22H,13H2,1-2H3/q+1. The van der Waals surface area contributed by atoms with E-state index in [9.17, 15) is 10.0 Å². The van der Waals surface area contributed by atoms with Crippen molar-refractivity contribution in [1.82, 2.24) is 9.55 Å². The number of carbonyl (C=O) groups is 1. The third kappa shape index (κ3) is 2.22. The fourth-order valence-electron chi connectivity index (χ4n) is 2.95. The summed E-state index contributed by atoms with van der Waals surface area (Å²) in [5, 5.41) is 11.1. The largest absolute Gasteiger partial charge is 0.353 e. The first-order valence-electron chi connectivity index (χ1n) is 7.21. The van der Waals surface area contributed by atoms with Crippen molar-refractivity contribution in [2.24, 2.45) is 0 Å². The van der Waals surface area contributed by atoms with E-state index in [2.05, 4.69) is 0 Å². The zero-order valence-corrected chi connectivity index (χ0v) is 12.7. The Labute approximate surface area is 130 Å². The highest BCUT2D eigenvalue weighted by atomic mass is 16.5. The zero-order chi connectivity index (χ0) is 15.7. The molecule has 0 radical (unpaired) electrons. The number of nitrogens with zero attached hydrogens (tertiary/aromatic N) is 2. The molecular formula is C18H19N2O2+. The molecular weight excluding hydrogens is 276 g/mol. The van der Waals surface area contributed by atoms with Crippen LogP contribution < -0.4 is 4.48 Å². The molecule has 4 nitrogen and oxygen atoms in total. The molecule has 0 fully saturated rings. The van der Waals surface area contributed by atoms with Gasteiger partial charge in [-0.3, -0.25) is 10.3 Å². The van der Waals surface area contributed by atoms with Crippen molar-refractivity contribution in [2.75, 3.05) is 20.6 Å². The first kappa shape index (κ1) is 14.5. The molecule has 1 aliphatic heterocycles. The van der Waals surface area contributed by atoms with Crippen LogP contribution in [0.4, 0.5) is 5.69 Å². The minimum Gasteiger partial charge on any atom is -0.289 e. The van der Waals surface area contributed by atoms with Gasteiger partial charge < -0.3 is 0 Å². The topological polar surface area (TPSA) is 40.5 Å². The molecule has 2 aromatic carbocycles. The van der Waals surface area contributed by atoms with Crippen molar-refractivity contribution in [1.29, 1.82) is 0 Å². The molecule has 2 aromatic rings. The molecule has 3 rings (SSSR count). The number of likely N-dealkylation sites (N-methyl/N-ethyl adjacent to an activating group) is 2. The van der Waals surface area contributed by atoms with E-state index >= 15 is 0 Å². The van der Waals surface area contributed by atoms with Crippen molar-refractivity contribution in [3.05, 3.63) is 71.9 Å². The highest BCUT2D eigenvalue weighted by Crippen LogP contribution is 2.37. The average Bonchev–Trinajstić information content (AvgIpc) is 2.82. The van der Waals surface area contributed by atoms with Gasteiger partial charge in [-0.15, -0.1) is 0 Å². The van der Waals surface area contributed by atoms with E-state index in [-0.39, 0.29) is 10.4 Å². The quantitative estimate of drug-likeness (QED) is 0.699. The lowest BCUT2D eigenvalue weighted by molar-refractivity contribution is -0.122. The average molecular weight is 295 g/mol. The van der Waals surface area contributed by atoms with Crippen LogP contribution in [0.1, 0.15) is 5.56 Å². The van der Waals surface area contributed by atoms with Gasteiger partial charge in [-0.05, 0) is 17.7 Å². The molecule has 0 saturated heterocycles. The molecule has 1 aliphatic rings. The monoisotopic (exact) mass is 295 g/mol. The van der Waals surface area contributed by atoms with E-state index in [4.69, 9.17) is 0 Å². The maximum atomic E-state index is 13.1. The molecule has 1 heterocycles. The van der Waals surface area contributed by atoms with Crippen molar-refractivity contribution < 1.29 is 10.0 Å². The Hall–Kier alpha value is -2.43. The molecule has 0 spiro atoms. The van der Waals surface area contributed by atoms with Gasteiger partial charge in [0.2, 0.25) is 0 Å². The maximum absolute atomic E-state index is 13.1. The van der Waals surface area contributed by atoms with Gasteiger partial charge in [-0.25, -0.2) is 9.28 Å². The number of rotatable bonds is 3. The van der Waals surface area contributed by atoms with Gasteiger partial charge in [0, 0.05) is 7.05 Å². The second-order valence-electron chi connectivity index (χ2n) is 5.70. The van der Waals surface area contributed by atoms with Crippen molar-refractivity contribution in [3.8, 4) is 0 Å². The number of carbonyl (C=O) groups excluding carboxylic acids is 1. The minimum absolute atomic E-state index is 0.00620. The van der Waals surface area contributed by atoms with E-state index in [0.717, 1.165) is 16.3 Å². The zero-order valence-electron chi connectivity index (χ0n) is 12.7. The van der Waals surface area contributed by atoms with Crippen molar-refractivity contribution in [3.63, 3.8) is 0 Å². The van der Waals surface area contributed by atoms with E-state index in [1.807, 2.05) is 67.7 Å². The number of hydroxylamine groups is 2. The van der Waals surface area contributed by atoms with Crippen molar-refractivity contribution in [2.45, 2.75) is 0 Å². The van der Waals surface area contributed by atoms with Crippen molar-refractivity contribution >= 4 is 17.2 Å². The summed E-state index contributed by atoms with van der Waals surface area (Å²) < 4.78 is 0.130. The summed E-state index contributed by atoms with van der Waals surface area (Å²) in [6, 6.07) is 19.2. The summed E-state index contributed by atoms with van der Waals surface area (Å²) in [5.41, 5.74) is 2.97. The summed E-state index contributed by atoms with van der Waals surface area (Å²) in [6.07, 6.45) is 0. The van der Waals surface area contributed by atoms with Gasteiger partial charge in [-0.1, -0.05) is 48.5 Å². The van der Waals surface area contributed by atoms with Crippen LogP contribution in [0.5, 0.6) is 0 Å². The number of quaternary nitrogens is 1. The van der Waals surface area contributed by atoms with Gasteiger partial charge in [0.15, 0.2) is 0 Å². The Balaban J connectivity index is 2.12. The smallest absolute Gasteiger partial charge is 0.289 e. The third-order valence-corrected chi connectivity index (χ3v) is 4.20. The third-order valence-electron chi connectivity index (χ3n) is 4.20. The van der Waals surface area contributed by atoms with Crippen LogP contribution in [0.25, 0.3) is 5.57 Å². The van der Waals surface area contributed by atoms with E-state index in [1.54, 1.807) is 7.05 Å².